The third-order valence-corrected chi connectivity index (χ3v) is 21.3. The van der Waals surface area contributed by atoms with Crippen LogP contribution in [0.2, 0.25) is 0 Å². The van der Waals surface area contributed by atoms with Crippen LogP contribution in [0.1, 0.15) is 256 Å². The minimum Gasteiger partial charge on any atom is -0.466 e. The molecule has 15 rings (SSSR count). The second kappa shape index (κ2) is 71.3. The maximum absolute atomic E-state index is 12.4. The number of pyridine rings is 1. The van der Waals surface area contributed by atoms with Gasteiger partial charge in [0.05, 0.1) is 67.3 Å². The molecule has 0 atom stereocenters. The van der Waals surface area contributed by atoms with Crippen LogP contribution in [0, 0.1) is 5.92 Å². The molecule has 11 heterocycles. The van der Waals surface area contributed by atoms with Crippen molar-refractivity contribution in [2.45, 2.75) is 190 Å². The van der Waals surface area contributed by atoms with Gasteiger partial charge in [-0.3, -0.25) is 37.9 Å². The Morgan fingerprint density at radius 3 is 1.29 bits per heavy atom. The molecule has 1 aromatic carbocycles. The number of hydrogen-bond donors (Lipinski definition) is 5. The highest BCUT2D eigenvalue weighted by Gasteiger charge is 2.29. The number of carbonyl (C=O) groups is 13. The molecule has 35 heteroatoms. The van der Waals surface area contributed by atoms with E-state index in [1.165, 1.54) is 89.6 Å². The predicted molar refractivity (Wildman–Crippen MR) is 587 cm³/mol. The number of nitrogens with one attached hydrogen (secondary N) is 5. The van der Waals surface area contributed by atoms with E-state index in [4.69, 9.17) is 14.2 Å². The van der Waals surface area contributed by atoms with Crippen molar-refractivity contribution in [3.05, 3.63) is 306 Å². The van der Waals surface area contributed by atoms with Gasteiger partial charge in [0, 0.05) is 130 Å². The van der Waals surface area contributed by atoms with Crippen molar-refractivity contribution in [3.63, 3.8) is 0 Å². The summed E-state index contributed by atoms with van der Waals surface area (Å²) in [6, 6.07) is 34.3. The van der Waals surface area contributed by atoms with E-state index in [0.717, 1.165) is 55.8 Å². The number of aromatic nitrogens is 7. The molecule has 5 N–H and O–H groups in total. The molecule has 31 nitrogen and oxygen atoms in total. The number of amides is 2. The number of benzene rings is 1. The van der Waals surface area contributed by atoms with E-state index in [1.54, 1.807) is 222 Å². The number of thiophene rings is 4. The van der Waals surface area contributed by atoms with Crippen LogP contribution in [0.5, 0.6) is 0 Å². The molecule has 0 saturated carbocycles. The molecule has 3 aliphatic rings. The summed E-state index contributed by atoms with van der Waals surface area (Å²) in [6.07, 6.45) is 23.4. The van der Waals surface area contributed by atoms with Crippen molar-refractivity contribution in [2.75, 3.05) is 49.8 Å². The Labute approximate surface area is 879 Å². The summed E-state index contributed by atoms with van der Waals surface area (Å²) < 4.78 is 46.9. The van der Waals surface area contributed by atoms with E-state index in [9.17, 15) is 62.3 Å². The lowest BCUT2D eigenvalue weighted by Crippen LogP contribution is -2.27. The minimum absolute atomic E-state index is 0.115. The molecule has 0 fully saturated rings. The summed E-state index contributed by atoms with van der Waals surface area (Å²) in [4.78, 5) is 162. The number of methoxy groups -OCH3 is 7. The molecule has 0 radical (unpaired) electrons. The van der Waals surface area contributed by atoms with Gasteiger partial charge in [0.15, 0.2) is 0 Å². The third-order valence-electron chi connectivity index (χ3n) is 18.6. The third kappa shape index (κ3) is 42.2. The first-order valence-electron chi connectivity index (χ1n) is 47.8. The van der Waals surface area contributed by atoms with Crippen molar-refractivity contribution in [1.82, 2.24) is 44.3 Å². The van der Waals surface area contributed by atoms with Gasteiger partial charge in [-0.1, -0.05) is 153 Å². The average molecular weight is 2100 g/mol. The van der Waals surface area contributed by atoms with Gasteiger partial charge >= 0.3 is 53.8 Å². The van der Waals surface area contributed by atoms with E-state index in [0.29, 0.717) is 81.3 Å². The van der Waals surface area contributed by atoms with Gasteiger partial charge in [-0.15, -0.1) is 0 Å². The number of esters is 8. The predicted octanol–water partition coefficient (Wildman–Crippen LogP) is 26.3. The van der Waals surface area contributed by atoms with Gasteiger partial charge in [0.2, 0.25) is 17.7 Å². The van der Waals surface area contributed by atoms with Gasteiger partial charge in [-0.25, -0.2) is 43.2 Å². The number of hydrogen-bond acceptors (Lipinski definition) is 27. The molecule has 11 aromatic heterocycles. The van der Waals surface area contributed by atoms with Crippen molar-refractivity contribution >= 4 is 128 Å². The van der Waals surface area contributed by atoms with Crippen LogP contribution in [-0.2, 0) is 61.8 Å². The maximum Gasteiger partial charge on any atom is 0.418 e. The zero-order chi connectivity index (χ0) is 111. The standard InChI is InChI=1S/C18H13NO2S3.C16H17NO3.C15H18N2O4.C12H11NO2.C10H13NO3.C10H9NO2S.C9H11NO3.C8H9NO3.7C2H6/c1-21-18(20)17-15(12-3-6-23-9-12)14(11-2-5-22-8-11)16(19-17)13-4-7-24-10-13;1-11(2)20-16(19)13-8-9-14(10-13)17-15(18)12-6-4-3-5-7-12;1-15(2,3)21-14(19)17-7-5-6-12(17)10-8-11(16-9-10)13(18)20-4;1-15-12(14)10-5-4-9(7-10)11-3-2-6-13-8-11;1-7(2)9(12)11-6-4-5-8(11)10(13)14-3;1-13-10(12)9-4-8(5-11-9)7-2-3-14-6-7;1-6(11)10-8-4-3-7(5-8)9(12)13-2;1-6(10)9-5-3-4-7(9)8(11)12-2;7*1-2/h2-10,19H,1H3;3-7,9-11H,8H2,1-2H3,(H,17,18);5-9,16H,1-4H3;2-4,6-8H,5H2,1H3;4-7H,1-3H3;2-6,11H,1H3;4-5H,3H2,1-2H3,(H,10,11);3-5H,1-2H3;7*1-2H3. The summed E-state index contributed by atoms with van der Waals surface area (Å²) in [5.41, 5.74) is 16.6. The van der Waals surface area contributed by atoms with Gasteiger partial charge in [0.1, 0.15) is 34.1 Å². The van der Waals surface area contributed by atoms with Crippen molar-refractivity contribution in [2.24, 2.45) is 5.92 Å². The lowest BCUT2D eigenvalue weighted by molar-refractivity contribution is -0.142. The largest absolute Gasteiger partial charge is 0.466 e. The molecule has 147 heavy (non-hydrogen) atoms. The van der Waals surface area contributed by atoms with E-state index >= 15 is 0 Å². The number of carbonyl (C=O) groups excluding carboxylic acids is 13. The molecular formula is C112H143N9O22S4. The van der Waals surface area contributed by atoms with Crippen LogP contribution in [0.15, 0.2) is 266 Å². The molecule has 0 unspecified atom stereocenters. The first-order chi connectivity index (χ1) is 70.7. The van der Waals surface area contributed by atoms with Crippen LogP contribution in [0.4, 0.5) is 4.79 Å². The van der Waals surface area contributed by atoms with Crippen LogP contribution < -0.4 is 10.6 Å². The summed E-state index contributed by atoms with van der Waals surface area (Å²) in [6.45, 7) is 43.4. The molecule has 792 valence electrons. The zero-order valence-electron chi connectivity index (χ0n) is 89.8. The lowest BCUT2D eigenvalue weighted by Gasteiger charge is -2.20. The van der Waals surface area contributed by atoms with Crippen molar-refractivity contribution in [1.29, 1.82) is 0 Å². The Kier molecular flexibility index (Phi) is 63.0. The highest BCUT2D eigenvalue weighted by Crippen LogP contribution is 2.45. The Balaban J connectivity index is 0.000000833. The molecule has 0 saturated heterocycles. The Morgan fingerprint density at radius 2 is 0.844 bits per heavy atom. The molecule has 3 aliphatic carbocycles. The highest BCUT2D eigenvalue weighted by molar-refractivity contribution is 7.09. The molecule has 0 bridgehead atoms. The van der Waals surface area contributed by atoms with Gasteiger partial charge in [-0.05, 0) is 229 Å². The fraction of sp³-hybridized carbons (Fsp3) is 0.321. The van der Waals surface area contributed by atoms with Gasteiger partial charge < -0.3 is 68.2 Å². The van der Waals surface area contributed by atoms with Crippen LogP contribution >= 0.6 is 45.3 Å². The molecular weight excluding hydrogens is 1950 g/mol. The first-order valence-corrected chi connectivity index (χ1v) is 51.5. The Morgan fingerprint density at radius 1 is 0.415 bits per heavy atom. The van der Waals surface area contributed by atoms with E-state index in [1.807, 2.05) is 161 Å². The summed E-state index contributed by atoms with van der Waals surface area (Å²) in [7, 11) is 9.39. The molecule has 0 aliphatic heterocycles. The molecule has 12 aromatic rings. The number of rotatable bonds is 19. The number of aromatic amines is 3. The summed E-state index contributed by atoms with van der Waals surface area (Å²) >= 11 is 6.52. The van der Waals surface area contributed by atoms with E-state index < -0.39 is 29.6 Å². The van der Waals surface area contributed by atoms with Gasteiger partial charge in [-0.2, -0.15) is 45.3 Å². The number of allylic oxidation sites excluding steroid dienone is 7. The number of nitrogens with zero attached hydrogens (tertiary/aromatic N) is 4. The number of ether oxygens (including phenoxy) is 9. The van der Waals surface area contributed by atoms with Crippen molar-refractivity contribution in [3.8, 4) is 55.9 Å². The first kappa shape index (κ1) is 130. The lowest BCUT2D eigenvalue weighted by atomic mass is 9.96. The molecule has 2 amide bonds. The van der Waals surface area contributed by atoms with Crippen LogP contribution in [-0.4, -0.2) is 173 Å². The molecule has 0 spiro atoms. The second-order valence-corrected chi connectivity index (χ2v) is 32.9. The fourth-order valence-electron chi connectivity index (χ4n) is 12.4. The summed E-state index contributed by atoms with van der Waals surface area (Å²) in [5.74, 6) is -3.90. The number of H-pyrrole nitrogens is 3. The Hall–Kier alpha value is -15.2. The topological polar surface area (TPSA) is 404 Å². The monoisotopic (exact) mass is 2090 g/mol. The van der Waals surface area contributed by atoms with Crippen LogP contribution in [0.25, 0.3) is 61.5 Å². The zero-order valence-corrected chi connectivity index (χ0v) is 93.0. The van der Waals surface area contributed by atoms with Crippen LogP contribution in [0.3, 0.4) is 0 Å². The fourth-order valence-corrected chi connectivity index (χ4v) is 15.0. The average Bonchev–Trinajstić information content (AvgIpc) is 1.60. The smallest absolute Gasteiger partial charge is 0.418 e. The highest BCUT2D eigenvalue weighted by atomic mass is 32.1. The SMILES string of the molecule is CC.CC.CC.CC.CC.CC.CC.CC(C)OC(=O)C1=CC(NC(=O)c2ccccc2)=CC1.COC(=O)C1=CC(NC(C)=O)=CC1.COC(=O)C1=CC(c2cccnc2)=CC1.COC(=O)c1[nH]c(-c2ccsc2)c(-c2ccsc2)c1-c1ccsc1.COC(=O)c1cc(-c2cccn2C(=O)OC(C)(C)C)c[nH]1.COC(=O)c1cc(-c2ccsc2)c[nH]1.COC(=O)c1cccn1C(=O)C(C)C.COC(=O)c1cccn1C(C)=O. The minimum atomic E-state index is -0.575. The summed E-state index contributed by atoms with van der Waals surface area (Å²) in [5, 5.41) is 21.7. The Bertz CT molecular complexity index is 6220. The van der Waals surface area contributed by atoms with E-state index in [2.05, 4.69) is 92.6 Å². The normalized spacial score (nSPS) is 11.0. The maximum atomic E-state index is 12.4. The van der Waals surface area contributed by atoms with Crippen molar-refractivity contribution < 1.29 is 105 Å². The van der Waals surface area contributed by atoms with E-state index in [-0.39, 0.29) is 76.9 Å². The van der Waals surface area contributed by atoms with Gasteiger partial charge in [0.25, 0.3) is 5.91 Å². The second-order valence-electron chi connectivity index (χ2n) is 29.8. The quantitative estimate of drug-likeness (QED) is 0.0371.